The minimum absolute atomic E-state index is 0.0603. The molecule has 3 saturated heterocycles. The molecule has 0 aromatic carbocycles. The zero-order valence-corrected chi connectivity index (χ0v) is 20.7. The van der Waals surface area contributed by atoms with Gasteiger partial charge in [0.05, 0.1) is 24.7 Å². The van der Waals surface area contributed by atoms with E-state index in [1.807, 2.05) is 6.92 Å². The van der Waals surface area contributed by atoms with Crippen LogP contribution in [0.2, 0.25) is 0 Å². The molecule has 3 aliphatic rings. The van der Waals surface area contributed by atoms with Crippen molar-refractivity contribution in [2.75, 3.05) is 59.1 Å². The summed E-state index contributed by atoms with van der Waals surface area (Å²) in [5.74, 6) is -0.845. The number of carbonyl (C=O) groups is 3. The van der Waals surface area contributed by atoms with Crippen LogP contribution in [0.1, 0.15) is 53.4 Å². The standard InChI is InChI=1S/C24H41N3O6/c1-5-24(15-31-21(28)6-9-25-12-18(25)2,16-32-22(29)7-10-26-13-19(26)3)17-33-23(30)8-11-27-14-20(27)4/h18-20H,5-17H2,1-4H3/t18-,19-,20+,24?,25?,26?,27?/m0/s1. The maximum atomic E-state index is 12.3. The molecule has 0 radical (unpaired) electrons. The van der Waals surface area contributed by atoms with E-state index in [-0.39, 0.29) is 37.7 Å². The van der Waals surface area contributed by atoms with Gasteiger partial charge in [0.1, 0.15) is 19.8 Å². The third-order valence-electron chi connectivity index (χ3n) is 7.14. The van der Waals surface area contributed by atoms with Crippen LogP contribution in [0.5, 0.6) is 0 Å². The van der Waals surface area contributed by atoms with Gasteiger partial charge < -0.3 is 14.2 Å². The molecule has 0 N–H and O–H groups in total. The molecular formula is C24H41N3O6. The van der Waals surface area contributed by atoms with Crippen molar-refractivity contribution in [3.05, 3.63) is 0 Å². The van der Waals surface area contributed by atoms with Crippen LogP contribution in [0.4, 0.5) is 0 Å². The number of esters is 3. The highest BCUT2D eigenvalue weighted by atomic mass is 16.6. The SMILES string of the molecule is CCC(COC(=O)CCN1C[C@H]1C)(COC(=O)CCN1C[C@@H]1C)COC(=O)CCN1C[C@@H]1C. The van der Waals surface area contributed by atoms with Crippen molar-refractivity contribution >= 4 is 17.9 Å². The lowest BCUT2D eigenvalue weighted by atomic mass is 9.88. The third-order valence-corrected chi connectivity index (χ3v) is 7.14. The molecule has 188 valence electrons. The molecule has 9 nitrogen and oxygen atoms in total. The average molecular weight is 468 g/mol. The molecule has 3 fully saturated rings. The van der Waals surface area contributed by atoms with E-state index in [2.05, 4.69) is 35.5 Å². The number of rotatable bonds is 16. The van der Waals surface area contributed by atoms with Crippen LogP contribution in [0, 0.1) is 5.41 Å². The molecule has 3 rings (SSSR count). The first kappa shape index (κ1) is 25.9. The predicted octanol–water partition coefficient (Wildman–Crippen LogP) is 1.30. The van der Waals surface area contributed by atoms with Crippen molar-refractivity contribution in [1.82, 2.24) is 14.7 Å². The fourth-order valence-electron chi connectivity index (χ4n) is 3.86. The van der Waals surface area contributed by atoms with E-state index < -0.39 is 5.41 Å². The molecule has 33 heavy (non-hydrogen) atoms. The maximum absolute atomic E-state index is 12.3. The van der Waals surface area contributed by atoms with E-state index in [9.17, 15) is 14.4 Å². The molecule has 3 heterocycles. The summed E-state index contributed by atoms with van der Waals surface area (Å²) < 4.78 is 16.7. The number of carbonyl (C=O) groups excluding carboxylic acids is 3. The highest BCUT2D eigenvalue weighted by Crippen LogP contribution is 2.26. The molecule has 0 bridgehead atoms. The molecule has 0 aromatic heterocycles. The summed E-state index contributed by atoms with van der Waals surface area (Å²) in [5.41, 5.74) is -0.742. The number of hydrogen-bond donors (Lipinski definition) is 0. The molecule has 0 spiro atoms. The average Bonchev–Trinajstić information content (AvgIpc) is 3.74. The van der Waals surface area contributed by atoms with Crippen LogP contribution < -0.4 is 0 Å². The summed E-state index contributed by atoms with van der Waals surface area (Å²) in [6, 6.07) is 1.61. The summed E-state index contributed by atoms with van der Waals surface area (Å²) in [4.78, 5) is 43.4. The molecule has 0 amide bonds. The summed E-state index contributed by atoms with van der Waals surface area (Å²) in [7, 11) is 0. The zero-order chi connectivity index (χ0) is 24.0. The summed E-state index contributed by atoms with van der Waals surface area (Å²) in [6.45, 7) is 13.6. The normalized spacial score (nSPS) is 31.3. The van der Waals surface area contributed by atoms with Crippen molar-refractivity contribution in [1.29, 1.82) is 0 Å². The summed E-state index contributed by atoms with van der Waals surface area (Å²) >= 11 is 0. The van der Waals surface area contributed by atoms with Crippen LogP contribution in [0.3, 0.4) is 0 Å². The van der Waals surface area contributed by atoms with Crippen molar-refractivity contribution in [2.24, 2.45) is 5.41 Å². The van der Waals surface area contributed by atoms with Crippen LogP contribution >= 0.6 is 0 Å². The van der Waals surface area contributed by atoms with Gasteiger partial charge in [-0.3, -0.25) is 29.1 Å². The van der Waals surface area contributed by atoms with E-state index in [4.69, 9.17) is 14.2 Å². The Morgan fingerprint density at radius 2 is 0.939 bits per heavy atom. The second kappa shape index (κ2) is 11.6. The Morgan fingerprint density at radius 1 is 0.667 bits per heavy atom. The van der Waals surface area contributed by atoms with Crippen molar-refractivity contribution in [3.8, 4) is 0 Å². The van der Waals surface area contributed by atoms with Gasteiger partial charge in [-0.1, -0.05) is 6.92 Å². The van der Waals surface area contributed by atoms with Crippen LogP contribution in [-0.2, 0) is 28.6 Å². The lowest BCUT2D eigenvalue weighted by molar-refractivity contribution is -0.162. The fourth-order valence-corrected chi connectivity index (χ4v) is 3.86. The molecule has 0 saturated carbocycles. The Hall–Kier alpha value is -1.71. The molecule has 0 aromatic rings. The van der Waals surface area contributed by atoms with Gasteiger partial charge in [-0.25, -0.2) is 0 Å². The van der Waals surface area contributed by atoms with Gasteiger partial charge in [-0.05, 0) is 27.2 Å². The second-order valence-corrected chi connectivity index (χ2v) is 10.1. The fraction of sp³-hybridized carbons (Fsp3) is 0.875. The Kier molecular flexibility index (Phi) is 9.12. The molecule has 0 aliphatic carbocycles. The Bertz CT molecular complexity index is 613. The number of hydrogen-bond acceptors (Lipinski definition) is 9. The molecule has 3 aliphatic heterocycles. The first-order valence-corrected chi connectivity index (χ1v) is 12.4. The maximum Gasteiger partial charge on any atom is 0.307 e. The number of ether oxygens (including phenoxy) is 3. The van der Waals surface area contributed by atoms with Crippen LogP contribution in [-0.4, -0.2) is 110 Å². The van der Waals surface area contributed by atoms with Gasteiger partial charge in [0.2, 0.25) is 0 Å². The highest BCUT2D eigenvalue weighted by molar-refractivity contribution is 5.71. The second-order valence-electron chi connectivity index (χ2n) is 10.1. The Morgan fingerprint density at radius 3 is 1.15 bits per heavy atom. The largest absolute Gasteiger partial charge is 0.465 e. The van der Waals surface area contributed by atoms with Crippen LogP contribution in [0.15, 0.2) is 0 Å². The third kappa shape index (κ3) is 8.87. The van der Waals surface area contributed by atoms with E-state index >= 15 is 0 Å². The quantitative estimate of drug-likeness (QED) is 0.189. The molecule has 3 unspecified atom stereocenters. The smallest absolute Gasteiger partial charge is 0.307 e. The molecular weight excluding hydrogens is 426 g/mol. The zero-order valence-electron chi connectivity index (χ0n) is 20.7. The van der Waals surface area contributed by atoms with Gasteiger partial charge in [0.25, 0.3) is 0 Å². The topological polar surface area (TPSA) is 87.9 Å². The van der Waals surface area contributed by atoms with Crippen molar-refractivity contribution < 1.29 is 28.6 Å². The first-order valence-electron chi connectivity index (χ1n) is 12.4. The van der Waals surface area contributed by atoms with E-state index in [1.165, 1.54) is 0 Å². The summed E-state index contributed by atoms with van der Waals surface area (Å²) in [6.07, 6.45) is 1.53. The van der Waals surface area contributed by atoms with Crippen molar-refractivity contribution in [3.63, 3.8) is 0 Å². The minimum Gasteiger partial charge on any atom is -0.465 e. The number of nitrogens with zero attached hydrogens (tertiary/aromatic N) is 3. The Labute approximate surface area is 197 Å². The van der Waals surface area contributed by atoms with Crippen LogP contribution in [0.25, 0.3) is 0 Å². The monoisotopic (exact) mass is 467 g/mol. The molecule has 6 atom stereocenters. The highest BCUT2D eigenvalue weighted by Gasteiger charge is 2.36. The Balaban J connectivity index is 1.46. The van der Waals surface area contributed by atoms with Gasteiger partial charge in [-0.15, -0.1) is 0 Å². The van der Waals surface area contributed by atoms with E-state index in [0.29, 0.717) is 63.4 Å². The van der Waals surface area contributed by atoms with Crippen molar-refractivity contribution in [2.45, 2.75) is 71.5 Å². The summed E-state index contributed by atoms with van der Waals surface area (Å²) in [5, 5.41) is 0. The van der Waals surface area contributed by atoms with Gasteiger partial charge in [0.15, 0.2) is 0 Å². The minimum atomic E-state index is -0.742. The van der Waals surface area contributed by atoms with Gasteiger partial charge in [-0.2, -0.15) is 0 Å². The lowest BCUT2D eigenvalue weighted by Gasteiger charge is -2.31. The predicted molar refractivity (Wildman–Crippen MR) is 123 cm³/mol. The molecule has 9 heteroatoms. The van der Waals surface area contributed by atoms with Gasteiger partial charge in [0, 0.05) is 57.4 Å². The van der Waals surface area contributed by atoms with Gasteiger partial charge >= 0.3 is 17.9 Å². The van der Waals surface area contributed by atoms with E-state index in [1.54, 1.807) is 0 Å². The lowest BCUT2D eigenvalue weighted by Crippen LogP contribution is -2.39. The first-order chi connectivity index (χ1) is 15.7. The van der Waals surface area contributed by atoms with E-state index in [0.717, 1.165) is 19.6 Å².